The normalized spacial score (nSPS) is 18.7. The van der Waals surface area contributed by atoms with Crippen LogP contribution in [0.1, 0.15) is 37.8 Å². The van der Waals surface area contributed by atoms with Gasteiger partial charge in [0.05, 0.1) is 11.9 Å². The van der Waals surface area contributed by atoms with Gasteiger partial charge < -0.3 is 5.73 Å². The smallest absolute Gasteiger partial charge is 0.103 e. The summed E-state index contributed by atoms with van der Waals surface area (Å²) in [5.74, 6) is 1.26. The first-order valence-electron chi connectivity index (χ1n) is 6.02. The Balaban J connectivity index is 2.07. The van der Waals surface area contributed by atoms with E-state index >= 15 is 0 Å². The van der Waals surface area contributed by atoms with Gasteiger partial charge in [0.1, 0.15) is 5.84 Å². The molecule has 2 N–H and O–H groups in total. The zero-order valence-corrected chi connectivity index (χ0v) is 9.82. The Morgan fingerprint density at radius 1 is 1.31 bits per heavy atom. The first kappa shape index (κ1) is 11.1. The summed E-state index contributed by atoms with van der Waals surface area (Å²) in [5.41, 5.74) is 7.92. The molecule has 2 rings (SSSR count). The molecule has 16 heavy (non-hydrogen) atoms. The van der Waals surface area contributed by atoms with Gasteiger partial charge in [-0.25, -0.2) is 4.99 Å². The molecule has 3 nitrogen and oxygen atoms in total. The Hall–Kier alpha value is -1.38. The molecule has 1 aliphatic rings. The van der Waals surface area contributed by atoms with E-state index in [-0.39, 0.29) is 0 Å². The second-order valence-corrected chi connectivity index (χ2v) is 4.53. The molecule has 0 saturated heterocycles. The number of aryl methyl sites for hydroxylation is 1. The van der Waals surface area contributed by atoms with Crippen molar-refractivity contribution in [2.45, 2.75) is 39.0 Å². The van der Waals surface area contributed by atoms with Crippen molar-refractivity contribution in [3.8, 4) is 0 Å². The van der Waals surface area contributed by atoms with E-state index in [9.17, 15) is 0 Å². The quantitative estimate of drug-likeness (QED) is 0.611. The minimum absolute atomic E-state index is 0.482. The highest BCUT2D eigenvalue weighted by molar-refractivity contribution is 5.85. The van der Waals surface area contributed by atoms with Crippen molar-refractivity contribution in [1.29, 1.82) is 0 Å². The number of rotatable bonds is 2. The molecule has 1 fully saturated rings. The Morgan fingerprint density at radius 3 is 2.69 bits per heavy atom. The number of hydrogen-bond acceptors (Lipinski definition) is 2. The first-order chi connectivity index (χ1) is 7.75. The van der Waals surface area contributed by atoms with Crippen LogP contribution in [0.25, 0.3) is 0 Å². The standard InChI is InChI=1S/C13H19N3/c1-10-7-8-12(9-15-10)16-13(14)11-5-3-2-4-6-11/h7-9,11H,2-6H2,1H3,(H2,14,16). The lowest BCUT2D eigenvalue weighted by Crippen LogP contribution is -2.25. The van der Waals surface area contributed by atoms with Crippen molar-refractivity contribution in [3.05, 3.63) is 24.0 Å². The van der Waals surface area contributed by atoms with Crippen LogP contribution in [0.2, 0.25) is 0 Å². The van der Waals surface area contributed by atoms with E-state index in [1.54, 1.807) is 6.20 Å². The molecule has 0 aliphatic heterocycles. The number of nitrogens with zero attached hydrogens (tertiary/aromatic N) is 2. The molecule has 1 aromatic rings. The summed E-state index contributed by atoms with van der Waals surface area (Å²) in [6.45, 7) is 1.97. The van der Waals surface area contributed by atoms with Gasteiger partial charge >= 0.3 is 0 Å². The van der Waals surface area contributed by atoms with E-state index < -0.39 is 0 Å². The van der Waals surface area contributed by atoms with Crippen molar-refractivity contribution in [2.24, 2.45) is 16.6 Å². The number of aromatic nitrogens is 1. The van der Waals surface area contributed by atoms with E-state index in [0.717, 1.165) is 17.2 Å². The second kappa shape index (κ2) is 5.10. The highest BCUT2D eigenvalue weighted by Crippen LogP contribution is 2.24. The van der Waals surface area contributed by atoms with Gasteiger partial charge in [-0.2, -0.15) is 0 Å². The van der Waals surface area contributed by atoms with E-state index in [1.165, 1.54) is 32.1 Å². The predicted octanol–water partition coefficient (Wildman–Crippen LogP) is 2.96. The zero-order chi connectivity index (χ0) is 11.4. The molecule has 0 aromatic carbocycles. The van der Waals surface area contributed by atoms with E-state index in [4.69, 9.17) is 5.73 Å². The predicted molar refractivity (Wildman–Crippen MR) is 66.8 cm³/mol. The van der Waals surface area contributed by atoms with Gasteiger partial charge in [0.25, 0.3) is 0 Å². The number of pyridine rings is 1. The third kappa shape index (κ3) is 2.81. The summed E-state index contributed by atoms with van der Waals surface area (Å²) in [6, 6.07) is 3.94. The maximum atomic E-state index is 6.04. The van der Waals surface area contributed by atoms with Gasteiger partial charge in [0.15, 0.2) is 0 Å². The molecule has 0 bridgehead atoms. The molecular weight excluding hydrogens is 198 g/mol. The average molecular weight is 217 g/mol. The third-order valence-electron chi connectivity index (χ3n) is 3.18. The van der Waals surface area contributed by atoms with Crippen LogP contribution < -0.4 is 5.73 Å². The number of hydrogen-bond donors (Lipinski definition) is 1. The lowest BCUT2D eigenvalue weighted by Gasteiger charge is -2.20. The van der Waals surface area contributed by atoms with Crippen molar-refractivity contribution in [3.63, 3.8) is 0 Å². The van der Waals surface area contributed by atoms with Gasteiger partial charge in [0.2, 0.25) is 0 Å². The topological polar surface area (TPSA) is 51.3 Å². The average Bonchev–Trinajstić information content (AvgIpc) is 2.33. The molecule has 1 aliphatic carbocycles. The second-order valence-electron chi connectivity index (χ2n) is 4.53. The Bertz CT molecular complexity index is 361. The summed E-state index contributed by atoms with van der Waals surface area (Å²) in [6.07, 6.45) is 8.07. The van der Waals surface area contributed by atoms with Crippen molar-refractivity contribution in [1.82, 2.24) is 4.98 Å². The molecule has 0 amide bonds. The van der Waals surface area contributed by atoms with Gasteiger partial charge in [0, 0.05) is 11.6 Å². The lowest BCUT2D eigenvalue weighted by atomic mass is 9.88. The lowest BCUT2D eigenvalue weighted by molar-refractivity contribution is 0.437. The summed E-state index contributed by atoms with van der Waals surface area (Å²) < 4.78 is 0. The maximum Gasteiger partial charge on any atom is 0.103 e. The third-order valence-corrected chi connectivity index (χ3v) is 3.18. The zero-order valence-electron chi connectivity index (χ0n) is 9.82. The Labute approximate surface area is 96.8 Å². The monoisotopic (exact) mass is 217 g/mol. The fraction of sp³-hybridized carbons (Fsp3) is 0.538. The van der Waals surface area contributed by atoms with Crippen LogP contribution in [0.3, 0.4) is 0 Å². The van der Waals surface area contributed by atoms with Gasteiger partial charge in [-0.05, 0) is 31.9 Å². The summed E-state index contributed by atoms with van der Waals surface area (Å²) in [4.78, 5) is 8.67. The van der Waals surface area contributed by atoms with Crippen LogP contribution in [-0.2, 0) is 0 Å². The van der Waals surface area contributed by atoms with Crippen molar-refractivity contribution < 1.29 is 0 Å². The van der Waals surface area contributed by atoms with E-state index in [2.05, 4.69) is 9.98 Å². The van der Waals surface area contributed by atoms with Crippen LogP contribution in [0.4, 0.5) is 5.69 Å². The summed E-state index contributed by atoms with van der Waals surface area (Å²) in [7, 11) is 0. The molecule has 3 heteroatoms. The summed E-state index contributed by atoms with van der Waals surface area (Å²) in [5, 5.41) is 0. The van der Waals surface area contributed by atoms with Crippen LogP contribution in [0.5, 0.6) is 0 Å². The minimum atomic E-state index is 0.482. The van der Waals surface area contributed by atoms with Crippen LogP contribution in [0, 0.1) is 12.8 Å². The molecule has 0 atom stereocenters. The van der Waals surface area contributed by atoms with E-state index in [0.29, 0.717) is 5.92 Å². The minimum Gasteiger partial charge on any atom is -0.387 e. The molecule has 86 valence electrons. The van der Waals surface area contributed by atoms with Crippen LogP contribution in [0.15, 0.2) is 23.3 Å². The first-order valence-corrected chi connectivity index (χ1v) is 6.02. The van der Waals surface area contributed by atoms with E-state index in [1.807, 2.05) is 19.1 Å². The molecule has 0 unspecified atom stereocenters. The summed E-state index contributed by atoms with van der Waals surface area (Å²) >= 11 is 0. The molecular formula is C13H19N3. The highest BCUT2D eigenvalue weighted by Gasteiger charge is 2.16. The molecule has 0 spiro atoms. The maximum absolute atomic E-state index is 6.04. The number of nitrogens with two attached hydrogens (primary N) is 1. The number of aliphatic imine (C=N–C) groups is 1. The number of amidine groups is 1. The Kier molecular flexibility index (Phi) is 3.54. The molecule has 0 radical (unpaired) electrons. The van der Waals surface area contributed by atoms with Crippen molar-refractivity contribution in [2.75, 3.05) is 0 Å². The Morgan fingerprint density at radius 2 is 2.06 bits per heavy atom. The molecule has 1 heterocycles. The van der Waals surface area contributed by atoms with Crippen molar-refractivity contribution >= 4 is 11.5 Å². The van der Waals surface area contributed by atoms with Gasteiger partial charge in [-0.15, -0.1) is 0 Å². The fourth-order valence-electron chi connectivity index (χ4n) is 2.16. The molecule has 1 aromatic heterocycles. The largest absolute Gasteiger partial charge is 0.387 e. The van der Waals surface area contributed by atoms with Gasteiger partial charge in [-0.3, -0.25) is 4.98 Å². The fourth-order valence-corrected chi connectivity index (χ4v) is 2.16. The van der Waals surface area contributed by atoms with Gasteiger partial charge in [-0.1, -0.05) is 19.3 Å². The van der Waals surface area contributed by atoms with Crippen LogP contribution >= 0.6 is 0 Å². The SMILES string of the molecule is Cc1ccc(N=C(N)C2CCCCC2)cn1. The highest BCUT2D eigenvalue weighted by atomic mass is 14.9. The van der Waals surface area contributed by atoms with Crippen LogP contribution in [-0.4, -0.2) is 10.8 Å². The molecule has 1 saturated carbocycles.